The van der Waals surface area contributed by atoms with E-state index < -0.39 is 12.1 Å². The summed E-state index contributed by atoms with van der Waals surface area (Å²) in [4.78, 5) is 37.1. The van der Waals surface area contributed by atoms with Crippen LogP contribution in [0.5, 0.6) is 5.75 Å². The van der Waals surface area contributed by atoms with E-state index in [2.05, 4.69) is 5.32 Å². The lowest BCUT2D eigenvalue weighted by Gasteiger charge is -2.15. The first-order chi connectivity index (χ1) is 14.9. The van der Waals surface area contributed by atoms with Gasteiger partial charge < -0.3 is 19.4 Å². The monoisotopic (exact) mass is 422 g/mol. The molecule has 2 aromatic carbocycles. The highest BCUT2D eigenvalue weighted by Gasteiger charge is 2.18. The third-order valence-electron chi connectivity index (χ3n) is 4.83. The Hall–Kier alpha value is -3.61. The van der Waals surface area contributed by atoms with E-state index >= 15 is 0 Å². The molecule has 3 aromatic rings. The van der Waals surface area contributed by atoms with Crippen molar-refractivity contribution in [3.05, 3.63) is 76.2 Å². The van der Waals surface area contributed by atoms with Crippen LogP contribution in [0.4, 0.5) is 0 Å². The second-order valence-electron chi connectivity index (χ2n) is 7.24. The standard InChI is InChI=1S/C24H26N2O5/c1-4-30-24(29)17(3)31-21-7-5-6-20-19(21)12-13-26(23(20)28)15-22(27)25-14-18-10-8-16(2)9-11-18/h5-13,17H,4,14-15H2,1-3H3,(H,25,27). The first-order valence-corrected chi connectivity index (χ1v) is 10.2. The van der Waals surface area contributed by atoms with Crippen molar-refractivity contribution < 1.29 is 19.1 Å². The molecule has 1 unspecified atom stereocenters. The summed E-state index contributed by atoms with van der Waals surface area (Å²) in [5.41, 5.74) is 1.83. The van der Waals surface area contributed by atoms with Gasteiger partial charge in [-0.25, -0.2) is 4.79 Å². The van der Waals surface area contributed by atoms with Crippen molar-refractivity contribution in [3.8, 4) is 5.75 Å². The van der Waals surface area contributed by atoms with E-state index in [1.54, 1.807) is 44.3 Å². The maximum absolute atomic E-state index is 12.9. The van der Waals surface area contributed by atoms with E-state index in [0.29, 0.717) is 23.1 Å². The predicted molar refractivity (Wildman–Crippen MR) is 118 cm³/mol. The highest BCUT2D eigenvalue weighted by atomic mass is 16.6. The minimum atomic E-state index is -0.805. The number of benzene rings is 2. The number of hydrogen-bond donors (Lipinski definition) is 1. The summed E-state index contributed by atoms with van der Waals surface area (Å²) in [6.07, 6.45) is 0.749. The van der Waals surface area contributed by atoms with E-state index in [1.165, 1.54) is 4.57 Å². The number of carbonyl (C=O) groups is 2. The van der Waals surface area contributed by atoms with Gasteiger partial charge in [-0.05, 0) is 44.5 Å². The second-order valence-corrected chi connectivity index (χ2v) is 7.24. The Kier molecular flexibility index (Phi) is 7.07. The zero-order chi connectivity index (χ0) is 22.4. The summed E-state index contributed by atoms with van der Waals surface area (Å²) < 4.78 is 12.0. The second kappa shape index (κ2) is 9.93. The van der Waals surface area contributed by atoms with Crippen molar-refractivity contribution >= 4 is 22.6 Å². The SMILES string of the molecule is CCOC(=O)C(C)Oc1cccc2c(=O)n(CC(=O)NCc3ccc(C)cc3)ccc12. The first kappa shape index (κ1) is 22.1. The molecule has 1 N–H and O–H groups in total. The Bertz CT molecular complexity index is 1130. The average molecular weight is 422 g/mol. The van der Waals surface area contributed by atoms with E-state index in [0.717, 1.165) is 11.1 Å². The molecule has 1 heterocycles. The molecule has 7 nitrogen and oxygen atoms in total. The Morgan fingerprint density at radius 2 is 1.81 bits per heavy atom. The van der Waals surface area contributed by atoms with Gasteiger partial charge in [0.05, 0.1) is 12.0 Å². The van der Waals surface area contributed by atoms with Gasteiger partial charge in [-0.1, -0.05) is 35.9 Å². The van der Waals surface area contributed by atoms with Gasteiger partial charge in [0, 0.05) is 18.1 Å². The molecule has 0 radical (unpaired) electrons. The van der Waals surface area contributed by atoms with E-state index in [9.17, 15) is 14.4 Å². The molecule has 162 valence electrons. The Morgan fingerprint density at radius 3 is 2.52 bits per heavy atom. The largest absolute Gasteiger partial charge is 0.478 e. The Labute approximate surface area is 180 Å². The third kappa shape index (κ3) is 5.51. The molecule has 0 aliphatic rings. The fourth-order valence-corrected chi connectivity index (χ4v) is 3.13. The molecule has 0 saturated heterocycles. The van der Waals surface area contributed by atoms with Gasteiger partial charge in [-0.3, -0.25) is 9.59 Å². The van der Waals surface area contributed by atoms with Crippen molar-refractivity contribution in [1.82, 2.24) is 9.88 Å². The number of aromatic nitrogens is 1. The predicted octanol–water partition coefficient (Wildman–Crippen LogP) is 2.96. The fourth-order valence-electron chi connectivity index (χ4n) is 3.13. The lowest BCUT2D eigenvalue weighted by Crippen LogP contribution is -2.32. The summed E-state index contributed by atoms with van der Waals surface area (Å²) in [6, 6.07) is 14.6. The van der Waals surface area contributed by atoms with Crippen LogP contribution in [-0.4, -0.2) is 29.2 Å². The molecule has 3 rings (SSSR count). The number of hydrogen-bond acceptors (Lipinski definition) is 5. The third-order valence-corrected chi connectivity index (χ3v) is 4.83. The van der Waals surface area contributed by atoms with Gasteiger partial charge in [0.1, 0.15) is 12.3 Å². The maximum atomic E-state index is 12.9. The quantitative estimate of drug-likeness (QED) is 0.564. The number of pyridine rings is 1. The zero-order valence-electron chi connectivity index (χ0n) is 17.9. The van der Waals surface area contributed by atoms with Crippen LogP contribution in [0.15, 0.2) is 59.5 Å². The summed E-state index contributed by atoms with van der Waals surface area (Å²) in [5, 5.41) is 3.80. The van der Waals surface area contributed by atoms with Crippen LogP contribution in [0.3, 0.4) is 0 Å². The zero-order valence-corrected chi connectivity index (χ0v) is 17.9. The van der Waals surface area contributed by atoms with Crippen LogP contribution in [0.2, 0.25) is 0 Å². The van der Waals surface area contributed by atoms with Crippen LogP contribution in [0.1, 0.15) is 25.0 Å². The summed E-state index contributed by atoms with van der Waals surface area (Å²) in [6.45, 7) is 5.88. The fraction of sp³-hybridized carbons (Fsp3) is 0.292. The molecule has 7 heteroatoms. The Balaban J connectivity index is 1.73. The van der Waals surface area contributed by atoms with Crippen LogP contribution >= 0.6 is 0 Å². The van der Waals surface area contributed by atoms with Crippen molar-refractivity contribution in [1.29, 1.82) is 0 Å². The molecular formula is C24H26N2O5. The molecule has 31 heavy (non-hydrogen) atoms. The number of carbonyl (C=O) groups excluding carboxylic acids is 2. The van der Waals surface area contributed by atoms with Gasteiger partial charge >= 0.3 is 5.97 Å². The van der Waals surface area contributed by atoms with Crippen molar-refractivity contribution in [2.75, 3.05) is 6.61 Å². The summed E-state index contributed by atoms with van der Waals surface area (Å²) >= 11 is 0. The molecule has 0 saturated carbocycles. The molecule has 0 aliphatic carbocycles. The minimum Gasteiger partial charge on any atom is -0.478 e. The molecule has 1 aromatic heterocycles. The smallest absolute Gasteiger partial charge is 0.347 e. The van der Waals surface area contributed by atoms with E-state index in [4.69, 9.17) is 9.47 Å². The van der Waals surface area contributed by atoms with Gasteiger partial charge in [0.25, 0.3) is 5.56 Å². The number of nitrogens with zero attached hydrogens (tertiary/aromatic N) is 1. The number of nitrogens with one attached hydrogen (secondary N) is 1. The molecule has 0 aliphatic heterocycles. The number of ether oxygens (including phenoxy) is 2. The van der Waals surface area contributed by atoms with E-state index in [1.807, 2.05) is 31.2 Å². The van der Waals surface area contributed by atoms with Crippen molar-refractivity contribution in [2.45, 2.75) is 40.0 Å². The lowest BCUT2D eigenvalue weighted by atomic mass is 10.1. The maximum Gasteiger partial charge on any atom is 0.347 e. The van der Waals surface area contributed by atoms with Crippen LogP contribution in [0, 0.1) is 6.92 Å². The minimum absolute atomic E-state index is 0.0923. The molecule has 1 atom stereocenters. The van der Waals surface area contributed by atoms with Crippen LogP contribution in [0.25, 0.3) is 10.8 Å². The number of fused-ring (bicyclic) bond motifs is 1. The van der Waals surface area contributed by atoms with Crippen molar-refractivity contribution in [2.24, 2.45) is 0 Å². The number of esters is 1. The first-order valence-electron chi connectivity index (χ1n) is 10.2. The highest BCUT2D eigenvalue weighted by molar-refractivity contribution is 5.88. The Morgan fingerprint density at radius 1 is 1.06 bits per heavy atom. The number of rotatable bonds is 8. The average Bonchev–Trinajstić information content (AvgIpc) is 2.76. The summed E-state index contributed by atoms with van der Waals surface area (Å²) in [7, 11) is 0. The molecule has 1 amide bonds. The van der Waals surface area contributed by atoms with Gasteiger partial charge in [-0.15, -0.1) is 0 Å². The van der Waals surface area contributed by atoms with Crippen LogP contribution in [-0.2, 0) is 27.4 Å². The van der Waals surface area contributed by atoms with Gasteiger partial charge in [-0.2, -0.15) is 0 Å². The molecular weight excluding hydrogens is 396 g/mol. The number of amides is 1. The van der Waals surface area contributed by atoms with Crippen LogP contribution < -0.4 is 15.6 Å². The highest BCUT2D eigenvalue weighted by Crippen LogP contribution is 2.24. The number of aryl methyl sites for hydroxylation is 1. The normalized spacial score (nSPS) is 11.7. The molecule has 0 fully saturated rings. The molecule has 0 bridgehead atoms. The van der Waals surface area contributed by atoms with Gasteiger partial charge in [0.2, 0.25) is 5.91 Å². The molecule has 0 spiro atoms. The topological polar surface area (TPSA) is 86.6 Å². The van der Waals surface area contributed by atoms with Gasteiger partial charge in [0.15, 0.2) is 6.10 Å². The summed E-state index contributed by atoms with van der Waals surface area (Å²) in [5.74, 6) is -0.324. The lowest BCUT2D eigenvalue weighted by molar-refractivity contribution is -0.150. The van der Waals surface area contributed by atoms with E-state index in [-0.39, 0.29) is 24.6 Å². The van der Waals surface area contributed by atoms with Crippen molar-refractivity contribution in [3.63, 3.8) is 0 Å².